The summed E-state index contributed by atoms with van der Waals surface area (Å²) >= 11 is 0. The third-order valence-electron chi connectivity index (χ3n) is 4.25. The van der Waals surface area contributed by atoms with Gasteiger partial charge in [-0.25, -0.2) is 0 Å². The highest BCUT2D eigenvalue weighted by Gasteiger charge is 2.24. The van der Waals surface area contributed by atoms with Crippen LogP contribution in [0.2, 0.25) is 0 Å². The zero-order valence-corrected chi connectivity index (χ0v) is 14.4. The molecule has 0 rings (SSSR count). The molecule has 0 heterocycles. The van der Waals surface area contributed by atoms with E-state index in [1.165, 1.54) is 51.4 Å². The maximum absolute atomic E-state index is 6.56. The molecule has 0 aromatic rings. The van der Waals surface area contributed by atoms with Crippen LogP contribution >= 0.6 is 0 Å². The smallest absolute Gasteiger partial charge is 0.0604 e. The van der Waals surface area contributed by atoms with Crippen molar-refractivity contribution in [2.75, 3.05) is 0 Å². The summed E-state index contributed by atoms with van der Waals surface area (Å²) in [6, 6.07) is 0. The molecule has 4 atom stereocenters. The molecular formula is C18H38O. The van der Waals surface area contributed by atoms with Crippen molar-refractivity contribution < 1.29 is 4.74 Å². The lowest BCUT2D eigenvalue weighted by Crippen LogP contribution is -2.31. The van der Waals surface area contributed by atoms with Crippen LogP contribution in [-0.2, 0) is 4.74 Å². The normalized spacial score (nSPS) is 18.0. The zero-order valence-electron chi connectivity index (χ0n) is 14.4. The second-order valence-corrected chi connectivity index (χ2v) is 6.32. The van der Waals surface area contributed by atoms with Gasteiger partial charge in [-0.3, -0.25) is 0 Å². The molecular weight excluding hydrogens is 232 g/mol. The van der Waals surface area contributed by atoms with Gasteiger partial charge < -0.3 is 4.74 Å². The Hall–Kier alpha value is -0.0400. The standard InChI is InChI=1S/C18H38O/c1-7-11-15(5)17(13-9-3)19-18(14-10-4)16(6)12-8-2/h15-18H,7-14H2,1-6H3. The molecule has 0 bridgehead atoms. The molecule has 0 radical (unpaired) electrons. The van der Waals surface area contributed by atoms with Gasteiger partial charge in [0.2, 0.25) is 0 Å². The maximum atomic E-state index is 6.56. The molecule has 0 aliphatic rings. The number of hydrogen-bond acceptors (Lipinski definition) is 1. The van der Waals surface area contributed by atoms with E-state index in [1.807, 2.05) is 0 Å². The van der Waals surface area contributed by atoms with Crippen LogP contribution in [0.1, 0.15) is 92.9 Å². The van der Waals surface area contributed by atoms with Crippen molar-refractivity contribution in [1.82, 2.24) is 0 Å². The summed E-state index contributed by atoms with van der Waals surface area (Å²) in [6.07, 6.45) is 11.0. The minimum Gasteiger partial charge on any atom is -0.374 e. The second-order valence-electron chi connectivity index (χ2n) is 6.32. The quantitative estimate of drug-likeness (QED) is 0.409. The summed E-state index contributed by atoms with van der Waals surface area (Å²) in [4.78, 5) is 0. The van der Waals surface area contributed by atoms with Crippen LogP contribution < -0.4 is 0 Å². The number of rotatable bonds is 12. The fourth-order valence-corrected chi connectivity index (χ4v) is 3.05. The minimum atomic E-state index is 0.473. The lowest BCUT2D eigenvalue weighted by molar-refractivity contribution is -0.0727. The Balaban J connectivity index is 4.53. The van der Waals surface area contributed by atoms with Gasteiger partial charge in [0.05, 0.1) is 12.2 Å². The van der Waals surface area contributed by atoms with Gasteiger partial charge in [0.1, 0.15) is 0 Å². The maximum Gasteiger partial charge on any atom is 0.0604 e. The van der Waals surface area contributed by atoms with Crippen LogP contribution in [0.25, 0.3) is 0 Å². The summed E-state index contributed by atoms with van der Waals surface area (Å²) in [6.45, 7) is 13.9. The predicted octanol–water partition coefficient (Wildman–Crippen LogP) is 6.21. The molecule has 1 nitrogen and oxygen atoms in total. The number of hydrogen-bond donors (Lipinski definition) is 0. The van der Waals surface area contributed by atoms with Gasteiger partial charge in [-0.1, -0.05) is 67.2 Å². The van der Waals surface area contributed by atoms with E-state index >= 15 is 0 Å². The van der Waals surface area contributed by atoms with E-state index in [0.717, 1.165) is 0 Å². The van der Waals surface area contributed by atoms with Crippen LogP contribution in [0.5, 0.6) is 0 Å². The largest absolute Gasteiger partial charge is 0.374 e. The van der Waals surface area contributed by atoms with Crippen LogP contribution in [0.15, 0.2) is 0 Å². The molecule has 0 amide bonds. The minimum absolute atomic E-state index is 0.473. The Morgan fingerprint density at radius 2 is 0.895 bits per heavy atom. The predicted molar refractivity (Wildman–Crippen MR) is 86.6 cm³/mol. The topological polar surface area (TPSA) is 9.23 Å². The molecule has 0 aromatic heterocycles. The van der Waals surface area contributed by atoms with E-state index in [-0.39, 0.29) is 0 Å². The van der Waals surface area contributed by atoms with Gasteiger partial charge in [0.25, 0.3) is 0 Å². The molecule has 0 saturated carbocycles. The van der Waals surface area contributed by atoms with E-state index in [2.05, 4.69) is 41.5 Å². The first kappa shape index (κ1) is 19.0. The van der Waals surface area contributed by atoms with Crippen LogP contribution in [-0.4, -0.2) is 12.2 Å². The molecule has 0 N–H and O–H groups in total. The lowest BCUT2D eigenvalue weighted by Gasteiger charge is -2.32. The van der Waals surface area contributed by atoms with E-state index < -0.39 is 0 Å². The highest BCUT2D eigenvalue weighted by molar-refractivity contribution is 4.72. The molecule has 116 valence electrons. The molecule has 0 saturated heterocycles. The molecule has 1 heteroatoms. The fraction of sp³-hybridized carbons (Fsp3) is 1.00. The van der Waals surface area contributed by atoms with Crippen molar-refractivity contribution in [2.24, 2.45) is 11.8 Å². The van der Waals surface area contributed by atoms with Crippen molar-refractivity contribution in [3.05, 3.63) is 0 Å². The molecule has 0 aromatic carbocycles. The van der Waals surface area contributed by atoms with Crippen LogP contribution in [0.4, 0.5) is 0 Å². The van der Waals surface area contributed by atoms with E-state index in [0.29, 0.717) is 24.0 Å². The van der Waals surface area contributed by atoms with E-state index in [9.17, 15) is 0 Å². The molecule has 19 heavy (non-hydrogen) atoms. The molecule has 0 fully saturated rings. The molecule has 0 spiro atoms. The van der Waals surface area contributed by atoms with Crippen LogP contribution in [0.3, 0.4) is 0 Å². The zero-order chi connectivity index (χ0) is 14.7. The van der Waals surface area contributed by atoms with Gasteiger partial charge in [-0.05, 0) is 37.5 Å². The Labute approximate surface area is 122 Å². The van der Waals surface area contributed by atoms with Crippen molar-refractivity contribution in [3.8, 4) is 0 Å². The van der Waals surface area contributed by atoms with Crippen molar-refractivity contribution >= 4 is 0 Å². The van der Waals surface area contributed by atoms with Crippen molar-refractivity contribution in [3.63, 3.8) is 0 Å². The highest BCUT2D eigenvalue weighted by Crippen LogP contribution is 2.26. The van der Waals surface area contributed by atoms with Gasteiger partial charge in [-0.15, -0.1) is 0 Å². The first-order chi connectivity index (χ1) is 9.10. The first-order valence-corrected chi connectivity index (χ1v) is 8.75. The van der Waals surface area contributed by atoms with Gasteiger partial charge in [-0.2, -0.15) is 0 Å². The second kappa shape index (κ2) is 11.8. The molecule has 4 unspecified atom stereocenters. The van der Waals surface area contributed by atoms with Gasteiger partial charge in [0, 0.05) is 0 Å². The lowest BCUT2D eigenvalue weighted by atomic mass is 9.92. The van der Waals surface area contributed by atoms with Gasteiger partial charge >= 0.3 is 0 Å². The molecule has 0 aliphatic heterocycles. The van der Waals surface area contributed by atoms with Crippen LogP contribution in [0, 0.1) is 11.8 Å². The Morgan fingerprint density at radius 1 is 0.579 bits per heavy atom. The van der Waals surface area contributed by atoms with Crippen molar-refractivity contribution in [1.29, 1.82) is 0 Å². The fourth-order valence-electron chi connectivity index (χ4n) is 3.05. The first-order valence-electron chi connectivity index (χ1n) is 8.75. The Morgan fingerprint density at radius 3 is 1.16 bits per heavy atom. The van der Waals surface area contributed by atoms with Gasteiger partial charge in [0.15, 0.2) is 0 Å². The number of ether oxygens (including phenoxy) is 1. The Kier molecular flexibility index (Phi) is 11.7. The molecule has 0 aliphatic carbocycles. The van der Waals surface area contributed by atoms with E-state index in [1.54, 1.807) is 0 Å². The van der Waals surface area contributed by atoms with E-state index in [4.69, 9.17) is 4.74 Å². The van der Waals surface area contributed by atoms with Crippen molar-refractivity contribution in [2.45, 2.75) is 105 Å². The summed E-state index contributed by atoms with van der Waals surface area (Å²) in [5, 5.41) is 0. The monoisotopic (exact) mass is 270 g/mol. The average Bonchev–Trinajstić information content (AvgIpc) is 2.37. The summed E-state index contributed by atoms with van der Waals surface area (Å²) in [7, 11) is 0. The summed E-state index contributed by atoms with van der Waals surface area (Å²) < 4.78 is 6.56. The highest BCUT2D eigenvalue weighted by atomic mass is 16.5. The average molecular weight is 271 g/mol. The Bertz CT molecular complexity index is 170. The SMILES string of the molecule is CCCC(C)C(CCC)OC(CCC)C(C)CCC. The summed E-state index contributed by atoms with van der Waals surface area (Å²) in [5.74, 6) is 1.41. The third kappa shape index (κ3) is 7.97. The summed E-state index contributed by atoms with van der Waals surface area (Å²) in [5.41, 5.74) is 0. The third-order valence-corrected chi connectivity index (χ3v) is 4.25.